The average molecular weight is 381 g/mol. The minimum Gasteiger partial charge on any atom is -0.365 e. The fourth-order valence-electron chi connectivity index (χ4n) is 2.99. The third-order valence-corrected chi connectivity index (χ3v) is 4.64. The van der Waals surface area contributed by atoms with Crippen LogP contribution in [0.4, 0.5) is 0 Å². The summed E-state index contributed by atoms with van der Waals surface area (Å²) < 4.78 is 13.2. The molecule has 0 radical (unpaired) electrons. The van der Waals surface area contributed by atoms with E-state index in [1.165, 1.54) is 0 Å². The zero-order valence-corrected chi connectivity index (χ0v) is 14.7. The summed E-state index contributed by atoms with van der Waals surface area (Å²) in [6.45, 7) is 0.897. The quantitative estimate of drug-likeness (QED) is 0.538. The van der Waals surface area contributed by atoms with Crippen LogP contribution in [0.2, 0.25) is 5.02 Å². The SMILES string of the molecule is Clc1ccc(C2Cn3nnc(-c4nc(-c5cccnc5)no4)c3CO2)cc1. The standard InChI is InChI=1S/C18H13ClN6O2/c19-13-5-3-11(4-6-13)15-9-25-14(10-26-15)16(22-24-25)18-21-17(23-27-18)12-2-1-7-20-8-12/h1-8,15H,9-10H2. The summed E-state index contributed by atoms with van der Waals surface area (Å²) >= 11 is 5.95. The highest BCUT2D eigenvalue weighted by Crippen LogP contribution is 2.31. The lowest BCUT2D eigenvalue weighted by atomic mass is 10.1. The van der Waals surface area contributed by atoms with Crippen LogP contribution in [0.15, 0.2) is 53.3 Å². The Labute approximate surface area is 158 Å². The Bertz CT molecular complexity index is 1080. The molecule has 1 aliphatic heterocycles. The summed E-state index contributed by atoms with van der Waals surface area (Å²) in [4.78, 5) is 8.48. The fraction of sp³-hybridized carbons (Fsp3) is 0.167. The molecule has 5 rings (SSSR count). The molecular formula is C18H13ClN6O2. The molecule has 1 aromatic carbocycles. The molecule has 0 bridgehead atoms. The molecule has 4 aromatic rings. The second-order valence-electron chi connectivity index (χ2n) is 6.08. The van der Waals surface area contributed by atoms with Crippen LogP contribution < -0.4 is 0 Å². The summed E-state index contributed by atoms with van der Waals surface area (Å²) in [5.74, 6) is 0.763. The molecule has 1 unspecified atom stereocenters. The van der Waals surface area contributed by atoms with Crippen molar-refractivity contribution in [2.45, 2.75) is 19.3 Å². The first-order chi connectivity index (χ1) is 13.3. The molecule has 0 spiro atoms. The van der Waals surface area contributed by atoms with Crippen molar-refractivity contribution in [3.63, 3.8) is 0 Å². The predicted molar refractivity (Wildman–Crippen MR) is 95.5 cm³/mol. The van der Waals surface area contributed by atoms with Crippen LogP contribution in [-0.2, 0) is 17.9 Å². The van der Waals surface area contributed by atoms with Crippen molar-refractivity contribution < 1.29 is 9.26 Å². The van der Waals surface area contributed by atoms with Crippen molar-refractivity contribution in [1.29, 1.82) is 0 Å². The van der Waals surface area contributed by atoms with Crippen molar-refractivity contribution in [1.82, 2.24) is 30.1 Å². The highest BCUT2D eigenvalue weighted by molar-refractivity contribution is 6.30. The molecule has 0 fully saturated rings. The summed E-state index contributed by atoms with van der Waals surface area (Å²) in [7, 11) is 0. The Morgan fingerprint density at radius 1 is 1.15 bits per heavy atom. The highest BCUT2D eigenvalue weighted by atomic mass is 35.5. The van der Waals surface area contributed by atoms with Gasteiger partial charge in [-0.2, -0.15) is 4.98 Å². The van der Waals surface area contributed by atoms with Crippen LogP contribution >= 0.6 is 11.6 Å². The summed E-state index contributed by atoms with van der Waals surface area (Å²) in [6.07, 6.45) is 3.25. The zero-order valence-electron chi connectivity index (χ0n) is 14.0. The Balaban J connectivity index is 1.42. The predicted octanol–water partition coefficient (Wildman–Crippen LogP) is 3.32. The zero-order chi connectivity index (χ0) is 18.2. The number of hydrogen-bond acceptors (Lipinski definition) is 7. The van der Waals surface area contributed by atoms with Gasteiger partial charge < -0.3 is 9.26 Å². The van der Waals surface area contributed by atoms with E-state index in [4.69, 9.17) is 20.9 Å². The highest BCUT2D eigenvalue weighted by Gasteiger charge is 2.28. The van der Waals surface area contributed by atoms with Crippen LogP contribution in [0.1, 0.15) is 17.4 Å². The smallest absolute Gasteiger partial charge is 0.280 e. The summed E-state index contributed by atoms with van der Waals surface area (Å²) in [5, 5.41) is 13.1. The van der Waals surface area contributed by atoms with E-state index in [0.29, 0.717) is 35.6 Å². The number of ether oxygens (including phenoxy) is 1. The Hall–Kier alpha value is -3.10. The van der Waals surface area contributed by atoms with E-state index in [1.54, 1.807) is 12.4 Å². The molecule has 0 N–H and O–H groups in total. The van der Waals surface area contributed by atoms with Crippen LogP contribution in [-0.4, -0.2) is 30.1 Å². The van der Waals surface area contributed by atoms with Crippen molar-refractivity contribution >= 4 is 11.6 Å². The van der Waals surface area contributed by atoms with Gasteiger partial charge in [-0.3, -0.25) is 4.98 Å². The van der Waals surface area contributed by atoms with Crippen LogP contribution in [0.5, 0.6) is 0 Å². The van der Waals surface area contributed by atoms with Crippen molar-refractivity contribution in [3.8, 4) is 23.0 Å². The maximum Gasteiger partial charge on any atom is 0.280 e. The molecule has 0 aliphatic carbocycles. The lowest BCUT2D eigenvalue weighted by Crippen LogP contribution is -2.22. The van der Waals surface area contributed by atoms with Gasteiger partial charge in [0.05, 0.1) is 18.8 Å². The van der Waals surface area contributed by atoms with E-state index in [2.05, 4.69) is 25.4 Å². The first-order valence-corrected chi connectivity index (χ1v) is 8.69. The second kappa shape index (κ2) is 6.57. The number of pyridine rings is 1. The molecule has 0 amide bonds. The number of hydrogen-bond donors (Lipinski definition) is 0. The van der Waals surface area contributed by atoms with Gasteiger partial charge in [0, 0.05) is 23.0 Å². The maximum atomic E-state index is 6.00. The Morgan fingerprint density at radius 3 is 2.85 bits per heavy atom. The van der Waals surface area contributed by atoms with E-state index >= 15 is 0 Å². The molecule has 0 saturated carbocycles. The monoisotopic (exact) mass is 380 g/mol. The minimum atomic E-state index is -0.113. The van der Waals surface area contributed by atoms with Crippen LogP contribution in [0.3, 0.4) is 0 Å². The normalized spacial score (nSPS) is 16.3. The van der Waals surface area contributed by atoms with E-state index in [1.807, 2.05) is 41.1 Å². The first kappa shape index (κ1) is 16.1. The molecule has 27 heavy (non-hydrogen) atoms. The Morgan fingerprint density at radius 2 is 2.04 bits per heavy atom. The molecule has 1 aliphatic rings. The molecule has 134 valence electrons. The van der Waals surface area contributed by atoms with Gasteiger partial charge in [-0.1, -0.05) is 34.1 Å². The third kappa shape index (κ3) is 2.98. The molecule has 9 heteroatoms. The first-order valence-electron chi connectivity index (χ1n) is 8.32. The summed E-state index contributed by atoms with van der Waals surface area (Å²) in [6, 6.07) is 11.3. The van der Waals surface area contributed by atoms with Crippen LogP contribution in [0.25, 0.3) is 23.0 Å². The number of rotatable bonds is 3. The van der Waals surface area contributed by atoms with Gasteiger partial charge in [-0.05, 0) is 29.8 Å². The van der Waals surface area contributed by atoms with Crippen molar-refractivity contribution in [2.24, 2.45) is 0 Å². The molecule has 0 saturated heterocycles. The third-order valence-electron chi connectivity index (χ3n) is 4.39. The van der Waals surface area contributed by atoms with Gasteiger partial charge in [0.15, 0.2) is 5.69 Å². The van der Waals surface area contributed by atoms with E-state index in [0.717, 1.165) is 16.8 Å². The average Bonchev–Trinajstić information content (AvgIpc) is 3.36. The number of halogens is 1. The van der Waals surface area contributed by atoms with E-state index in [-0.39, 0.29) is 6.10 Å². The molecule has 1 atom stereocenters. The lowest BCUT2D eigenvalue weighted by Gasteiger charge is -2.24. The lowest BCUT2D eigenvalue weighted by molar-refractivity contribution is -0.00117. The van der Waals surface area contributed by atoms with Gasteiger partial charge in [-0.15, -0.1) is 5.10 Å². The molecule has 3 aromatic heterocycles. The maximum absolute atomic E-state index is 6.00. The van der Waals surface area contributed by atoms with Crippen molar-refractivity contribution in [3.05, 3.63) is 65.1 Å². The van der Waals surface area contributed by atoms with Gasteiger partial charge in [-0.25, -0.2) is 4.68 Å². The van der Waals surface area contributed by atoms with Crippen molar-refractivity contribution in [2.75, 3.05) is 0 Å². The van der Waals surface area contributed by atoms with Crippen LogP contribution in [0, 0.1) is 0 Å². The minimum absolute atomic E-state index is 0.113. The van der Waals surface area contributed by atoms with Gasteiger partial charge in [0.2, 0.25) is 5.82 Å². The number of benzene rings is 1. The number of fused-ring (bicyclic) bond motifs is 1. The largest absolute Gasteiger partial charge is 0.365 e. The van der Waals surface area contributed by atoms with E-state index in [9.17, 15) is 0 Å². The second-order valence-corrected chi connectivity index (χ2v) is 6.52. The fourth-order valence-corrected chi connectivity index (χ4v) is 3.11. The number of aromatic nitrogens is 6. The molecule has 4 heterocycles. The van der Waals surface area contributed by atoms with Gasteiger partial charge >= 0.3 is 0 Å². The van der Waals surface area contributed by atoms with Gasteiger partial charge in [0.1, 0.15) is 6.10 Å². The van der Waals surface area contributed by atoms with E-state index < -0.39 is 0 Å². The topological polar surface area (TPSA) is 91.8 Å². The van der Waals surface area contributed by atoms with Gasteiger partial charge in [0.25, 0.3) is 5.89 Å². The Kier molecular flexibility index (Phi) is 3.92. The number of nitrogens with zero attached hydrogens (tertiary/aromatic N) is 6. The molecule has 8 nitrogen and oxygen atoms in total. The summed E-state index contributed by atoms with van der Waals surface area (Å²) in [5.41, 5.74) is 3.15. The molecular weight excluding hydrogens is 368 g/mol.